The van der Waals surface area contributed by atoms with Crippen LogP contribution in [0.2, 0.25) is 0 Å². The van der Waals surface area contributed by atoms with Crippen LogP contribution >= 0.6 is 11.3 Å². The highest BCUT2D eigenvalue weighted by Gasteiger charge is 2.26. The summed E-state index contributed by atoms with van der Waals surface area (Å²) in [6.45, 7) is 5.71. The molecule has 0 aliphatic rings. The van der Waals surface area contributed by atoms with Gasteiger partial charge in [-0.15, -0.1) is 11.3 Å². The van der Waals surface area contributed by atoms with Crippen molar-refractivity contribution in [3.05, 3.63) is 29.3 Å². The molecule has 1 N–H and O–H groups in total. The van der Waals surface area contributed by atoms with Crippen LogP contribution < -0.4 is 5.32 Å². The summed E-state index contributed by atoms with van der Waals surface area (Å²) in [6.07, 6.45) is 0. The second-order valence-electron chi connectivity index (χ2n) is 5.69. The molecular weight excluding hydrogens is 298 g/mol. The van der Waals surface area contributed by atoms with Crippen LogP contribution in [0.25, 0.3) is 10.2 Å². The first kappa shape index (κ1) is 16.4. The quantitative estimate of drug-likeness (QED) is 0.920. The molecule has 0 bridgehead atoms. The monoisotopic (exact) mass is 319 g/mol. The Kier molecular flexibility index (Phi) is 5.13. The highest BCUT2D eigenvalue weighted by Crippen LogP contribution is 2.22. The number of nitrogens with zero attached hydrogens (tertiary/aromatic N) is 2. The minimum absolute atomic E-state index is 0.0363. The van der Waals surface area contributed by atoms with Gasteiger partial charge in [0.1, 0.15) is 11.0 Å². The topological polar surface area (TPSA) is 62.3 Å². The number of thiazole rings is 1. The third-order valence-corrected chi connectivity index (χ3v) is 4.40. The predicted octanol–water partition coefficient (Wildman–Crippen LogP) is 2.42. The van der Waals surface area contributed by atoms with Crippen molar-refractivity contribution in [1.29, 1.82) is 0 Å². The molecule has 2 amide bonds. The molecule has 0 unspecified atom stereocenters. The van der Waals surface area contributed by atoms with E-state index in [1.807, 2.05) is 38.1 Å². The Balaban J connectivity index is 2.10. The Labute approximate surface area is 134 Å². The van der Waals surface area contributed by atoms with Crippen LogP contribution in [0.5, 0.6) is 0 Å². The molecule has 0 aliphatic carbocycles. The summed E-state index contributed by atoms with van der Waals surface area (Å²) < 4.78 is 1.11. The number of likely N-dealkylation sites (N-methyl/N-ethyl adjacent to an activating group) is 1. The Morgan fingerprint density at radius 3 is 2.59 bits per heavy atom. The van der Waals surface area contributed by atoms with Crippen LogP contribution in [0.1, 0.15) is 25.8 Å². The van der Waals surface area contributed by atoms with E-state index in [1.54, 1.807) is 23.3 Å². The third kappa shape index (κ3) is 3.82. The molecule has 0 fully saturated rings. The van der Waals surface area contributed by atoms with Crippen LogP contribution in [-0.2, 0) is 16.1 Å². The fourth-order valence-electron chi connectivity index (χ4n) is 2.24. The first-order valence-corrected chi connectivity index (χ1v) is 8.06. The maximum atomic E-state index is 12.5. The van der Waals surface area contributed by atoms with Crippen molar-refractivity contribution >= 4 is 33.4 Å². The molecule has 1 aromatic heterocycles. The second-order valence-corrected chi connectivity index (χ2v) is 6.81. The molecule has 1 atom stereocenters. The van der Waals surface area contributed by atoms with Crippen LogP contribution in [0, 0.1) is 5.92 Å². The number of aromatic nitrogens is 1. The number of carbonyl (C=O) groups excluding carboxylic acids is 2. The molecule has 0 aliphatic heterocycles. The van der Waals surface area contributed by atoms with E-state index in [2.05, 4.69) is 10.3 Å². The number of carbonyl (C=O) groups is 2. The van der Waals surface area contributed by atoms with Gasteiger partial charge in [-0.1, -0.05) is 26.0 Å². The minimum Gasteiger partial charge on any atom is -0.344 e. The van der Waals surface area contributed by atoms with Crippen molar-refractivity contribution in [3.63, 3.8) is 0 Å². The lowest BCUT2D eigenvalue weighted by molar-refractivity contribution is -0.136. The smallest absolute Gasteiger partial charge is 0.245 e. The maximum absolute atomic E-state index is 12.5. The Morgan fingerprint density at radius 2 is 2.00 bits per heavy atom. The summed E-state index contributed by atoms with van der Waals surface area (Å²) >= 11 is 1.58. The van der Waals surface area contributed by atoms with Crippen LogP contribution in [0.4, 0.5) is 0 Å². The number of hydrogen-bond donors (Lipinski definition) is 1. The number of nitrogens with one attached hydrogen (secondary N) is 1. The van der Waals surface area contributed by atoms with Gasteiger partial charge >= 0.3 is 0 Å². The summed E-state index contributed by atoms with van der Waals surface area (Å²) in [7, 11) is 1.74. The Bertz CT molecular complexity index is 648. The number of benzene rings is 1. The maximum Gasteiger partial charge on any atom is 0.245 e. The van der Waals surface area contributed by atoms with Gasteiger partial charge in [0.2, 0.25) is 11.8 Å². The van der Waals surface area contributed by atoms with Crippen molar-refractivity contribution in [1.82, 2.24) is 15.2 Å². The molecule has 5 nitrogen and oxygen atoms in total. The van der Waals surface area contributed by atoms with E-state index in [4.69, 9.17) is 0 Å². The highest BCUT2D eigenvalue weighted by atomic mass is 32.1. The SMILES string of the molecule is CC(=O)N[C@H](C(=O)N(C)Cc1nc2ccccc2s1)C(C)C. The average molecular weight is 319 g/mol. The number of fused-ring (bicyclic) bond motifs is 1. The predicted molar refractivity (Wildman–Crippen MR) is 88.5 cm³/mol. The van der Waals surface area contributed by atoms with Crippen molar-refractivity contribution in [2.75, 3.05) is 7.05 Å². The molecule has 0 saturated carbocycles. The molecule has 6 heteroatoms. The fourth-order valence-corrected chi connectivity index (χ4v) is 3.26. The second kappa shape index (κ2) is 6.87. The van der Waals surface area contributed by atoms with E-state index < -0.39 is 6.04 Å². The minimum atomic E-state index is -0.503. The van der Waals surface area contributed by atoms with E-state index in [9.17, 15) is 9.59 Å². The summed E-state index contributed by atoms with van der Waals surface area (Å²) in [5.74, 6) is -0.251. The van der Waals surface area contributed by atoms with Crippen LogP contribution in [0.15, 0.2) is 24.3 Å². The summed E-state index contributed by atoms with van der Waals surface area (Å²) in [4.78, 5) is 30.0. The van der Waals surface area contributed by atoms with Gasteiger partial charge in [-0.3, -0.25) is 9.59 Å². The van der Waals surface area contributed by atoms with Crippen molar-refractivity contribution in [2.24, 2.45) is 5.92 Å². The standard InChI is InChI=1S/C16H21N3O2S/c1-10(2)15(17-11(3)20)16(21)19(4)9-14-18-12-7-5-6-8-13(12)22-14/h5-8,10,15H,9H2,1-4H3,(H,17,20)/t15-/m0/s1. The number of rotatable bonds is 5. The number of amides is 2. The molecule has 1 heterocycles. The van der Waals surface area contributed by atoms with Gasteiger partial charge in [0.15, 0.2) is 0 Å². The zero-order valence-electron chi connectivity index (χ0n) is 13.3. The van der Waals surface area contributed by atoms with Crippen molar-refractivity contribution in [2.45, 2.75) is 33.4 Å². The van der Waals surface area contributed by atoms with Crippen molar-refractivity contribution in [3.8, 4) is 0 Å². The molecule has 22 heavy (non-hydrogen) atoms. The molecule has 0 radical (unpaired) electrons. The lowest BCUT2D eigenvalue weighted by atomic mass is 10.0. The van der Waals surface area contributed by atoms with Gasteiger partial charge in [0, 0.05) is 14.0 Å². The molecule has 1 aromatic carbocycles. The molecule has 0 saturated heterocycles. The van der Waals surface area contributed by atoms with E-state index in [1.165, 1.54) is 6.92 Å². The van der Waals surface area contributed by atoms with Gasteiger partial charge in [-0.2, -0.15) is 0 Å². The van der Waals surface area contributed by atoms with E-state index in [0.717, 1.165) is 15.2 Å². The summed E-state index contributed by atoms with van der Waals surface area (Å²) in [5, 5.41) is 3.62. The van der Waals surface area contributed by atoms with E-state index in [-0.39, 0.29) is 17.7 Å². The third-order valence-electron chi connectivity index (χ3n) is 3.38. The molecule has 2 aromatic rings. The lowest BCUT2D eigenvalue weighted by Gasteiger charge is -2.26. The normalized spacial score (nSPS) is 12.4. The van der Waals surface area contributed by atoms with Gasteiger partial charge < -0.3 is 10.2 Å². The zero-order chi connectivity index (χ0) is 16.3. The van der Waals surface area contributed by atoms with Gasteiger partial charge in [0.05, 0.1) is 16.8 Å². The Morgan fingerprint density at radius 1 is 1.32 bits per heavy atom. The van der Waals surface area contributed by atoms with Gasteiger partial charge in [-0.25, -0.2) is 4.98 Å². The van der Waals surface area contributed by atoms with Gasteiger partial charge in [0.25, 0.3) is 0 Å². The molecular formula is C16H21N3O2S. The van der Waals surface area contributed by atoms with E-state index >= 15 is 0 Å². The van der Waals surface area contributed by atoms with Crippen molar-refractivity contribution < 1.29 is 9.59 Å². The summed E-state index contributed by atoms with van der Waals surface area (Å²) in [5.41, 5.74) is 0.950. The average Bonchev–Trinajstić information content (AvgIpc) is 2.85. The highest BCUT2D eigenvalue weighted by molar-refractivity contribution is 7.18. The molecule has 2 rings (SSSR count). The number of para-hydroxylation sites is 1. The first-order chi connectivity index (χ1) is 10.4. The fraction of sp³-hybridized carbons (Fsp3) is 0.438. The van der Waals surface area contributed by atoms with E-state index in [0.29, 0.717) is 6.54 Å². The number of hydrogen-bond acceptors (Lipinski definition) is 4. The first-order valence-electron chi connectivity index (χ1n) is 7.25. The Hall–Kier alpha value is -1.95. The zero-order valence-corrected chi connectivity index (χ0v) is 14.1. The van der Waals surface area contributed by atoms with Gasteiger partial charge in [-0.05, 0) is 18.1 Å². The lowest BCUT2D eigenvalue weighted by Crippen LogP contribution is -2.49. The summed E-state index contributed by atoms with van der Waals surface area (Å²) in [6, 6.07) is 7.41. The molecule has 118 valence electrons. The largest absolute Gasteiger partial charge is 0.344 e. The van der Waals surface area contributed by atoms with Crippen LogP contribution in [0.3, 0.4) is 0 Å². The van der Waals surface area contributed by atoms with Crippen LogP contribution in [-0.4, -0.2) is 34.8 Å². The molecule has 0 spiro atoms.